The molecule has 1 aromatic rings. The highest BCUT2D eigenvalue weighted by atomic mass is 16.5. The van der Waals surface area contributed by atoms with E-state index >= 15 is 0 Å². The summed E-state index contributed by atoms with van der Waals surface area (Å²) < 4.78 is 11.8. The normalized spacial score (nSPS) is 28.3. The minimum absolute atomic E-state index is 0.247. The van der Waals surface area contributed by atoms with Gasteiger partial charge in [0.05, 0.1) is 18.9 Å². The van der Waals surface area contributed by atoms with Crippen LogP contribution in [0.2, 0.25) is 0 Å². The summed E-state index contributed by atoms with van der Waals surface area (Å²) >= 11 is 0. The molecule has 2 aliphatic heterocycles. The number of hydrogen-bond acceptors (Lipinski definition) is 5. The second-order valence-electron chi connectivity index (χ2n) is 6.96. The number of hydrogen-bond donors (Lipinski definition) is 0. The SMILES string of the molecule is Cc1cnnc(OC[C@@H]2CC[C@]3(COC(C)C)CCCN23)c1. The summed E-state index contributed by atoms with van der Waals surface area (Å²) in [7, 11) is 0. The first kappa shape index (κ1) is 15.7. The van der Waals surface area contributed by atoms with Crippen LogP contribution in [0.15, 0.2) is 12.3 Å². The average molecular weight is 305 g/mol. The number of fused-ring (bicyclic) bond motifs is 1. The van der Waals surface area contributed by atoms with Crippen LogP contribution in [-0.2, 0) is 4.74 Å². The Labute approximate surface area is 133 Å². The van der Waals surface area contributed by atoms with E-state index < -0.39 is 0 Å². The molecule has 0 aliphatic carbocycles. The number of nitrogens with zero attached hydrogens (tertiary/aromatic N) is 3. The number of aryl methyl sites for hydroxylation is 1. The molecular weight excluding hydrogens is 278 g/mol. The van der Waals surface area contributed by atoms with Gasteiger partial charge in [-0.1, -0.05) is 0 Å². The van der Waals surface area contributed by atoms with Gasteiger partial charge in [0, 0.05) is 17.6 Å². The van der Waals surface area contributed by atoms with Crippen molar-refractivity contribution >= 4 is 0 Å². The van der Waals surface area contributed by atoms with E-state index in [2.05, 4.69) is 28.9 Å². The van der Waals surface area contributed by atoms with E-state index in [1.807, 2.05) is 13.0 Å². The van der Waals surface area contributed by atoms with Gasteiger partial charge >= 0.3 is 0 Å². The fraction of sp³-hybridized carbons (Fsp3) is 0.765. The molecule has 5 heteroatoms. The third kappa shape index (κ3) is 3.25. The molecule has 0 N–H and O–H groups in total. The number of ether oxygens (including phenoxy) is 2. The quantitative estimate of drug-likeness (QED) is 0.808. The molecule has 2 aliphatic rings. The van der Waals surface area contributed by atoms with Crippen molar-refractivity contribution < 1.29 is 9.47 Å². The van der Waals surface area contributed by atoms with Gasteiger partial charge in [-0.15, -0.1) is 5.10 Å². The zero-order valence-corrected chi connectivity index (χ0v) is 13.9. The second-order valence-corrected chi connectivity index (χ2v) is 6.96. The Kier molecular flexibility index (Phi) is 4.64. The predicted molar refractivity (Wildman–Crippen MR) is 85.0 cm³/mol. The summed E-state index contributed by atoms with van der Waals surface area (Å²) in [4.78, 5) is 2.62. The van der Waals surface area contributed by atoms with E-state index in [0.717, 1.165) is 18.7 Å². The minimum atomic E-state index is 0.247. The molecule has 3 heterocycles. The third-order valence-electron chi connectivity index (χ3n) is 4.91. The van der Waals surface area contributed by atoms with Crippen molar-refractivity contribution in [3.8, 4) is 5.88 Å². The summed E-state index contributed by atoms with van der Waals surface area (Å²) in [5.41, 5.74) is 1.33. The first-order chi connectivity index (χ1) is 10.6. The average Bonchev–Trinajstić information content (AvgIpc) is 3.02. The predicted octanol–water partition coefficient (Wildman–Crippen LogP) is 2.59. The van der Waals surface area contributed by atoms with Crippen molar-refractivity contribution in [2.45, 2.75) is 64.1 Å². The molecule has 0 saturated carbocycles. The van der Waals surface area contributed by atoms with E-state index in [9.17, 15) is 0 Å². The Morgan fingerprint density at radius 3 is 3.05 bits per heavy atom. The van der Waals surface area contributed by atoms with E-state index in [1.54, 1.807) is 6.20 Å². The number of aromatic nitrogens is 2. The van der Waals surface area contributed by atoms with Crippen molar-refractivity contribution in [3.63, 3.8) is 0 Å². The van der Waals surface area contributed by atoms with Crippen LogP contribution < -0.4 is 4.74 Å². The topological polar surface area (TPSA) is 47.5 Å². The first-order valence-corrected chi connectivity index (χ1v) is 8.39. The Morgan fingerprint density at radius 1 is 1.41 bits per heavy atom. The molecule has 2 fully saturated rings. The van der Waals surface area contributed by atoms with Crippen LogP contribution in [0.25, 0.3) is 0 Å². The van der Waals surface area contributed by atoms with Crippen LogP contribution in [0, 0.1) is 6.92 Å². The van der Waals surface area contributed by atoms with Crippen molar-refractivity contribution in [3.05, 3.63) is 17.8 Å². The standard InChI is InChI=1S/C17H27N3O2/c1-13(2)22-12-17-6-4-8-20(17)15(5-7-17)11-21-16-9-14(3)10-18-19-16/h9-10,13,15H,4-8,11-12H2,1-3H3/t15-,17-/m0/s1. The van der Waals surface area contributed by atoms with Crippen molar-refractivity contribution in [2.75, 3.05) is 19.8 Å². The summed E-state index contributed by atoms with van der Waals surface area (Å²) in [6, 6.07) is 2.42. The number of rotatable bonds is 6. The van der Waals surface area contributed by atoms with Gasteiger partial charge in [0.15, 0.2) is 0 Å². The maximum atomic E-state index is 5.95. The molecular formula is C17H27N3O2. The Balaban J connectivity index is 1.59. The molecule has 0 amide bonds. The molecule has 0 aromatic carbocycles. The molecule has 1 aromatic heterocycles. The monoisotopic (exact) mass is 305 g/mol. The summed E-state index contributed by atoms with van der Waals surface area (Å²) in [5.74, 6) is 0.634. The Morgan fingerprint density at radius 2 is 2.27 bits per heavy atom. The largest absolute Gasteiger partial charge is 0.475 e. The molecule has 0 spiro atoms. The van der Waals surface area contributed by atoms with Gasteiger partial charge in [-0.25, -0.2) is 0 Å². The van der Waals surface area contributed by atoms with Crippen LogP contribution in [-0.4, -0.2) is 52.5 Å². The molecule has 0 radical (unpaired) electrons. The lowest BCUT2D eigenvalue weighted by Gasteiger charge is -2.35. The molecule has 0 bridgehead atoms. The van der Waals surface area contributed by atoms with Gasteiger partial charge < -0.3 is 9.47 Å². The third-order valence-corrected chi connectivity index (χ3v) is 4.91. The fourth-order valence-electron chi connectivity index (χ4n) is 3.80. The lowest BCUT2D eigenvalue weighted by atomic mass is 9.95. The van der Waals surface area contributed by atoms with Gasteiger partial charge in [0.2, 0.25) is 5.88 Å². The van der Waals surface area contributed by atoms with Crippen LogP contribution in [0.3, 0.4) is 0 Å². The van der Waals surface area contributed by atoms with Crippen LogP contribution in [0.1, 0.15) is 45.1 Å². The van der Waals surface area contributed by atoms with E-state index in [-0.39, 0.29) is 5.54 Å². The smallest absolute Gasteiger partial charge is 0.233 e. The highest BCUT2D eigenvalue weighted by molar-refractivity contribution is 5.15. The zero-order chi connectivity index (χ0) is 15.6. The van der Waals surface area contributed by atoms with Gasteiger partial charge in [-0.2, -0.15) is 5.10 Å². The lowest BCUT2D eigenvalue weighted by molar-refractivity contribution is -0.00914. The van der Waals surface area contributed by atoms with E-state index in [4.69, 9.17) is 9.47 Å². The van der Waals surface area contributed by atoms with Crippen LogP contribution >= 0.6 is 0 Å². The van der Waals surface area contributed by atoms with Gasteiger partial charge in [0.1, 0.15) is 6.61 Å². The van der Waals surface area contributed by atoms with Crippen LogP contribution in [0.5, 0.6) is 5.88 Å². The second kappa shape index (κ2) is 6.50. The molecule has 3 rings (SSSR count). The summed E-state index contributed by atoms with van der Waals surface area (Å²) in [6.07, 6.45) is 6.96. The van der Waals surface area contributed by atoms with Gasteiger partial charge in [0.25, 0.3) is 0 Å². The highest BCUT2D eigenvalue weighted by Crippen LogP contribution is 2.42. The summed E-state index contributed by atoms with van der Waals surface area (Å²) in [5, 5.41) is 8.00. The fourth-order valence-corrected chi connectivity index (χ4v) is 3.80. The summed E-state index contributed by atoms with van der Waals surface area (Å²) in [6.45, 7) is 8.94. The van der Waals surface area contributed by atoms with E-state index in [0.29, 0.717) is 24.6 Å². The van der Waals surface area contributed by atoms with E-state index in [1.165, 1.54) is 25.7 Å². The molecule has 2 saturated heterocycles. The molecule has 5 nitrogen and oxygen atoms in total. The molecule has 22 heavy (non-hydrogen) atoms. The maximum Gasteiger partial charge on any atom is 0.233 e. The maximum absolute atomic E-state index is 5.95. The highest BCUT2D eigenvalue weighted by Gasteiger charge is 2.49. The Bertz CT molecular complexity index is 508. The van der Waals surface area contributed by atoms with Crippen molar-refractivity contribution in [1.29, 1.82) is 0 Å². The molecule has 2 atom stereocenters. The van der Waals surface area contributed by atoms with Gasteiger partial charge in [-0.05, 0) is 58.6 Å². The Hall–Kier alpha value is -1.20. The van der Waals surface area contributed by atoms with Crippen molar-refractivity contribution in [2.24, 2.45) is 0 Å². The van der Waals surface area contributed by atoms with Crippen molar-refractivity contribution in [1.82, 2.24) is 15.1 Å². The molecule has 122 valence electrons. The van der Waals surface area contributed by atoms with Crippen LogP contribution in [0.4, 0.5) is 0 Å². The van der Waals surface area contributed by atoms with Gasteiger partial charge in [-0.3, -0.25) is 4.90 Å². The molecule has 0 unspecified atom stereocenters. The lowest BCUT2D eigenvalue weighted by Crippen LogP contribution is -2.47. The first-order valence-electron chi connectivity index (χ1n) is 8.39. The zero-order valence-electron chi connectivity index (χ0n) is 13.9. The minimum Gasteiger partial charge on any atom is -0.475 e.